The number of likely N-dealkylation sites (tertiary alicyclic amines) is 1. The van der Waals surface area contributed by atoms with Crippen LogP contribution in [0.4, 0.5) is 0 Å². The molecule has 6 nitrogen and oxygen atoms in total. The number of para-hydroxylation sites is 2. The number of benzene rings is 1. The Morgan fingerprint density at radius 2 is 1.78 bits per heavy atom. The van der Waals surface area contributed by atoms with Crippen molar-refractivity contribution in [2.75, 3.05) is 13.1 Å². The summed E-state index contributed by atoms with van der Waals surface area (Å²) < 4.78 is 2.02. The van der Waals surface area contributed by atoms with E-state index >= 15 is 0 Å². The summed E-state index contributed by atoms with van der Waals surface area (Å²) in [6, 6.07) is 7.96. The molecule has 1 saturated heterocycles. The van der Waals surface area contributed by atoms with Crippen LogP contribution in [0.3, 0.4) is 0 Å². The van der Waals surface area contributed by atoms with Gasteiger partial charge in [-0.2, -0.15) is 0 Å². The second-order valence-corrected chi connectivity index (χ2v) is 7.82. The summed E-state index contributed by atoms with van der Waals surface area (Å²) >= 11 is 0. The first-order chi connectivity index (χ1) is 13.1. The number of hydrogen-bond donors (Lipinski definition) is 1. The quantitative estimate of drug-likeness (QED) is 0.902. The molecule has 2 aliphatic rings. The lowest BCUT2D eigenvalue weighted by atomic mass is 9.78. The molecule has 144 valence electrons. The zero-order valence-electron chi connectivity index (χ0n) is 16.0. The van der Waals surface area contributed by atoms with Crippen molar-refractivity contribution in [3.63, 3.8) is 0 Å². The van der Waals surface area contributed by atoms with Gasteiger partial charge in [-0.15, -0.1) is 0 Å². The predicted octanol–water partition coefficient (Wildman–Crippen LogP) is 2.62. The third-order valence-corrected chi connectivity index (χ3v) is 6.14. The minimum absolute atomic E-state index is 0.000645. The predicted molar refractivity (Wildman–Crippen MR) is 104 cm³/mol. The van der Waals surface area contributed by atoms with E-state index in [4.69, 9.17) is 0 Å². The number of imidazole rings is 1. The Bertz CT molecular complexity index is 838. The van der Waals surface area contributed by atoms with E-state index in [0.29, 0.717) is 6.54 Å². The van der Waals surface area contributed by atoms with Crippen LogP contribution in [0.25, 0.3) is 11.0 Å². The van der Waals surface area contributed by atoms with E-state index in [1.807, 2.05) is 40.8 Å². The number of fused-ring (bicyclic) bond motifs is 1. The number of rotatable bonds is 4. The maximum Gasteiger partial charge on any atom is 0.226 e. The highest BCUT2D eigenvalue weighted by Gasteiger charge is 2.38. The van der Waals surface area contributed by atoms with Crippen LogP contribution in [0.15, 0.2) is 24.3 Å². The van der Waals surface area contributed by atoms with Crippen molar-refractivity contribution in [1.82, 2.24) is 19.8 Å². The highest BCUT2D eigenvalue weighted by atomic mass is 16.2. The molecule has 1 aliphatic heterocycles. The standard InChI is InChI=1S/C21H28N4O2/c1-24-18-11-5-4-10-17(18)23-19(24)14-22-20(26)15-8-2-3-9-16(15)21(27)25-12-6-7-13-25/h4-5,10-11,15-16H,2-3,6-9,12-14H2,1H3,(H,22,26)/t15-,16+/m1/s1. The summed E-state index contributed by atoms with van der Waals surface area (Å²) in [4.78, 5) is 32.4. The van der Waals surface area contributed by atoms with Crippen molar-refractivity contribution >= 4 is 22.8 Å². The van der Waals surface area contributed by atoms with Crippen LogP contribution in [0.1, 0.15) is 44.3 Å². The number of nitrogens with one attached hydrogen (secondary N) is 1. The molecule has 2 fully saturated rings. The number of amides is 2. The van der Waals surface area contributed by atoms with Gasteiger partial charge in [0.05, 0.1) is 17.6 Å². The third-order valence-electron chi connectivity index (χ3n) is 6.14. The first kappa shape index (κ1) is 18.0. The molecule has 27 heavy (non-hydrogen) atoms. The van der Waals surface area contributed by atoms with Gasteiger partial charge >= 0.3 is 0 Å². The molecule has 4 rings (SSSR count). The lowest BCUT2D eigenvalue weighted by Gasteiger charge is -2.32. The van der Waals surface area contributed by atoms with Crippen molar-refractivity contribution < 1.29 is 9.59 Å². The fraction of sp³-hybridized carbons (Fsp3) is 0.571. The van der Waals surface area contributed by atoms with Crippen molar-refractivity contribution in [3.05, 3.63) is 30.1 Å². The molecule has 0 bridgehead atoms. The highest BCUT2D eigenvalue weighted by molar-refractivity contribution is 5.88. The normalized spacial score (nSPS) is 22.9. The topological polar surface area (TPSA) is 67.2 Å². The Balaban J connectivity index is 1.44. The van der Waals surface area contributed by atoms with Crippen molar-refractivity contribution in [1.29, 1.82) is 0 Å². The van der Waals surface area contributed by atoms with Crippen molar-refractivity contribution in [2.24, 2.45) is 18.9 Å². The van der Waals surface area contributed by atoms with Gasteiger partial charge in [-0.05, 0) is 37.8 Å². The molecule has 0 spiro atoms. The molecule has 2 amide bonds. The van der Waals surface area contributed by atoms with E-state index in [1.54, 1.807) is 0 Å². The Morgan fingerprint density at radius 3 is 2.52 bits per heavy atom. The van der Waals surface area contributed by atoms with E-state index in [9.17, 15) is 9.59 Å². The van der Waals surface area contributed by atoms with Crippen LogP contribution in [0.5, 0.6) is 0 Å². The minimum Gasteiger partial charge on any atom is -0.349 e. The van der Waals surface area contributed by atoms with Crippen molar-refractivity contribution in [2.45, 2.75) is 45.1 Å². The summed E-state index contributed by atoms with van der Waals surface area (Å²) in [5.41, 5.74) is 1.99. The van der Waals surface area contributed by atoms with Gasteiger partial charge < -0.3 is 14.8 Å². The lowest BCUT2D eigenvalue weighted by Crippen LogP contribution is -2.44. The highest BCUT2D eigenvalue weighted by Crippen LogP contribution is 2.32. The van der Waals surface area contributed by atoms with Gasteiger partial charge in [0.15, 0.2) is 0 Å². The summed E-state index contributed by atoms with van der Waals surface area (Å²) in [6.07, 6.45) is 5.87. The van der Waals surface area contributed by atoms with Crippen LogP contribution in [-0.4, -0.2) is 39.4 Å². The molecule has 2 atom stereocenters. The molecule has 1 N–H and O–H groups in total. The molecule has 1 aromatic heterocycles. The van der Waals surface area contributed by atoms with Crippen molar-refractivity contribution in [3.8, 4) is 0 Å². The average Bonchev–Trinajstić information content (AvgIpc) is 3.34. The van der Waals surface area contributed by atoms with Crippen LogP contribution in [-0.2, 0) is 23.2 Å². The molecule has 0 radical (unpaired) electrons. The molecule has 2 heterocycles. The summed E-state index contributed by atoms with van der Waals surface area (Å²) in [5.74, 6) is 0.663. The Labute approximate surface area is 159 Å². The maximum atomic E-state index is 12.9. The minimum atomic E-state index is -0.207. The first-order valence-electron chi connectivity index (χ1n) is 10.1. The SMILES string of the molecule is Cn1c(CNC(=O)[C@@H]2CCCC[C@@H]2C(=O)N2CCCC2)nc2ccccc21. The number of carbonyl (C=O) groups excluding carboxylic acids is 2. The summed E-state index contributed by atoms with van der Waals surface area (Å²) in [5, 5.41) is 3.05. The molecule has 2 aromatic rings. The fourth-order valence-corrected chi connectivity index (χ4v) is 4.56. The fourth-order valence-electron chi connectivity index (χ4n) is 4.56. The number of hydrogen-bond acceptors (Lipinski definition) is 3. The molecule has 6 heteroatoms. The Morgan fingerprint density at radius 1 is 1.07 bits per heavy atom. The van der Waals surface area contributed by atoms with Gasteiger partial charge in [-0.25, -0.2) is 4.98 Å². The van der Waals surface area contributed by atoms with Gasteiger partial charge in [-0.1, -0.05) is 25.0 Å². The number of carbonyl (C=O) groups is 2. The monoisotopic (exact) mass is 368 g/mol. The van der Waals surface area contributed by atoms with Gasteiger partial charge in [-0.3, -0.25) is 9.59 Å². The number of nitrogens with zero attached hydrogens (tertiary/aromatic N) is 3. The van der Waals surface area contributed by atoms with Gasteiger partial charge in [0.1, 0.15) is 5.82 Å². The first-order valence-corrected chi connectivity index (χ1v) is 10.1. The second-order valence-electron chi connectivity index (χ2n) is 7.82. The van der Waals surface area contributed by atoms with Crippen LogP contribution >= 0.6 is 0 Å². The third kappa shape index (κ3) is 3.57. The largest absolute Gasteiger partial charge is 0.349 e. The molecule has 1 aliphatic carbocycles. The van der Waals surface area contributed by atoms with Gasteiger partial charge in [0.25, 0.3) is 0 Å². The summed E-state index contributed by atoms with van der Waals surface area (Å²) in [6.45, 7) is 2.10. The van der Waals surface area contributed by atoms with E-state index < -0.39 is 0 Å². The lowest BCUT2D eigenvalue weighted by molar-refractivity contribution is -0.142. The molecule has 1 aromatic carbocycles. The summed E-state index contributed by atoms with van der Waals surface area (Å²) in [7, 11) is 1.97. The van der Waals surface area contributed by atoms with E-state index in [0.717, 1.165) is 68.5 Å². The van der Waals surface area contributed by atoms with Crippen LogP contribution in [0.2, 0.25) is 0 Å². The van der Waals surface area contributed by atoms with E-state index in [2.05, 4.69) is 10.3 Å². The Hall–Kier alpha value is -2.37. The molecule has 1 saturated carbocycles. The van der Waals surface area contributed by atoms with Crippen LogP contribution < -0.4 is 5.32 Å². The molecular formula is C21H28N4O2. The number of aromatic nitrogens is 2. The molecular weight excluding hydrogens is 340 g/mol. The Kier molecular flexibility index (Phi) is 5.14. The second kappa shape index (κ2) is 7.71. The van der Waals surface area contributed by atoms with Gasteiger partial charge in [0, 0.05) is 32.0 Å². The van der Waals surface area contributed by atoms with Gasteiger partial charge in [0.2, 0.25) is 11.8 Å². The van der Waals surface area contributed by atoms with Crippen LogP contribution in [0, 0.1) is 11.8 Å². The maximum absolute atomic E-state index is 12.9. The molecule has 0 unspecified atom stereocenters. The average molecular weight is 368 g/mol. The zero-order chi connectivity index (χ0) is 18.8. The smallest absolute Gasteiger partial charge is 0.226 e. The van der Waals surface area contributed by atoms with E-state index in [1.165, 1.54) is 0 Å². The zero-order valence-corrected chi connectivity index (χ0v) is 16.0. The number of aryl methyl sites for hydroxylation is 1. The van der Waals surface area contributed by atoms with E-state index in [-0.39, 0.29) is 23.7 Å².